The van der Waals surface area contributed by atoms with Gasteiger partial charge in [0, 0.05) is 22.7 Å². The molecule has 0 bridgehead atoms. The number of rotatable bonds is 5. The number of para-hydroxylation sites is 1. The van der Waals surface area contributed by atoms with E-state index >= 15 is 0 Å². The van der Waals surface area contributed by atoms with E-state index in [-0.39, 0.29) is 34.8 Å². The monoisotopic (exact) mass is 515 g/mol. The molecule has 0 aliphatic carbocycles. The molecular formula is C25H20Cl2FN3O4. The van der Waals surface area contributed by atoms with Gasteiger partial charge in [-0.05, 0) is 48.5 Å². The number of fused-ring (bicyclic) bond motifs is 2. The number of hydrogen-bond acceptors (Lipinski definition) is 5. The highest BCUT2D eigenvalue weighted by Gasteiger charge is 2.68. The summed E-state index contributed by atoms with van der Waals surface area (Å²) in [5.74, 6) is -1.29. The highest BCUT2D eigenvalue weighted by Crippen LogP contribution is 2.52. The van der Waals surface area contributed by atoms with Crippen LogP contribution in [0.5, 0.6) is 5.75 Å². The number of nitro groups is 1. The van der Waals surface area contributed by atoms with Crippen molar-refractivity contribution in [2.75, 3.05) is 18.9 Å². The van der Waals surface area contributed by atoms with Gasteiger partial charge in [0.05, 0.1) is 16.0 Å². The lowest BCUT2D eigenvalue weighted by atomic mass is 9.79. The van der Waals surface area contributed by atoms with Gasteiger partial charge in [0.1, 0.15) is 12.4 Å². The maximum Gasteiger partial charge on any atom is 0.256 e. The molecule has 180 valence electrons. The topological polar surface area (TPSA) is 84.7 Å². The van der Waals surface area contributed by atoms with Crippen LogP contribution < -0.4 is 10.1 Å². The summed E-state index contributed by atoms with van der Waals surface area (Å²) in [6.07, 6.45) is 0. The Morgan fingerprint density at radius 3 is 2.57 bits per heavy atom. The fraction of sp³-hybridized carbons (Fsp3) is 0.240. The fourth-order valence-corrected chi connectivity index (χ4v) is 5.91. The van der Waals surface area contributed by atoms with Crippen molar-refractivity contribution in [3.8, 4) is 5.75 Å². The fourth-order valence-electron chi connectivity index (χ4n) is 5.29. The van der Waals surface area contributed by atoms with E-state index in [0.717, 1.165) is 0 Å². The molecule has 7 nitrogen and oxygen atoms in total. The zero-order valence-electron chi connectivity index (χ0n) is 18.5. The number of ether oxygens (including phenoxy) is 1. The Morgan fingerprint density at radius 1 is 1.17 bits per heavy atom. The number of carbonyl (C=O) groups excluding carboxylic acids is 1. The highest BCUT2D eigenvalue weighted by atomic mass is 35.5. The van der Waals surface area contributed by atoms with E-state index in [1.54, 1.807) is 60.5 Å². The van der Waals surface area contributed by atoms with Crippen LogP contribution in [0, 0.1) is 15.9 Å². The van der Waals surface area contributed by atoms with Crippen molar-refractivity contribution in [3.63, 3.8) is 0 Å². The number of amides is 1. The van der Waals surface area contributed by atoms with Crippen LogP contribution in [0.4, 0.5) is 10.1 Å². The van der Waals surface area contributed by atoms with Crippen LogP contribution in [0.2, 0.25) is 10.0 Å². The number of nitrogens with one attached hydrogen (secondary N) is 1. The van der Waals surface area contributed by atoms with Gasteiger partial charge in [-0.1, -0.05) is 53.5 Å². The Morgan fingerprint density at radius 2 is 1.89 bits per heavy atom. The van der Waals surface area contributed by atoms with E-state index in [1.165, 1.54) is 12.1 Å². The average molecular weight is 516 g/mol. The molecule has 35 heavy (non-hydrogen) atoms. The van der Waals surface area contributed by atoms with Crippen molar-refractivity contribution >= 4 is 34.8 Å². The van der Waals surface area contributed by atoms with Gasteiger partial charge in [0.2, 0.25) is 0 Å². The predicted molar refractivity (Wildman–Crippen MR) is 130 cm³/mol. The van der Waals surface area contributed by atoms with Crippen LogP contribution in [0.1, 0.15) is 22.6 Å². The molecule has 3 aromatic rings. The van der Waals surface area contributed by atoms with E-state index < -0.39 is 28.3 Å². The third-order valence-electron chi connectivity index (χ3n) is 6.76. The van der Waals surface area contributed by atoms with Gasteiger partial charge >= 0.3 is 0 Å². The first-order chi connectivity index (χ1) is 16.7. The van der Waals surface area contributed by atoms with E-state index in [4.69, 9.17) is 27.9 Å². The minimum Gasteiger partial charge on any atom is -0.486 e. The number of halogens is 3. The van der Waals surface area contributed by atoms with E-state index in [1.807, 2.05) is 0 Å². The number of hydrogen-bond donors (Lipinski definition) is 1. The minimum atomic E-state index is -1.46. The second-order valence-electron chi connectivity index (χ2n) is 8.72. The lowest BCUT2D eigenvalue weighted by Crippen LogP contribution is -2.54. The van der Waals surface area contributed by atoms with Crippen LogP contribution in [-0.2, 0) is 16.9 Å². The molecule has 1 N–H and O–H groups in total. The number of likely N-dealkylation sites (N-methyl/N-ethyl adjacent to an activating group) is 1. The van der Waals surface area contributed by atoms with Gasteiger partial charge in [-0.15, -0.1) is 0 Å². The Hall–Kier alpha value is -3.20. The molecule has 0 aromatic heterocycles. The number of nitrogens with zero attached hydrogens (tertiary/aromatic N) is 2. The smallest absolute Gasteiger partial charge is 0.256 e. The second-order valence-corrected chi connectivity index (χ2v) is 9.53. The van der Waals surface area contributed by atoms with E-state index in [0.29, 0.717) is 22.4 Å². The maximum atomic E-state index is 13.5. The molecule has 1 saturated heterocycles. The highest BCUT2D eigenvalue weighted by molar-refractivity contribution is 6.37. The third-order valence-corrected chi connectivity index (χ3v) is 7.32. The summed E-state index contributed by atoms with van der Waals surface area (Å²) in [5, 5.41) is 15.6. The lowest BCUT2D eigenvalue weighted by molar-refractivity contribution is -0.534. The number of benzene rings is 3. The maximum absolute atomic E-state index is 13.5. The van der Waals surface area contributed by atoms with Crippen LogP contribution in [-0.4, -0.2) is 35.4 Å². The predicted octanol–water partition coefficient (Wildman–Crippen LogP) is 5.23. The van der Waals surface area contributed by atoms with Crippen LogP contribution in [0.25, 0.3) is 0 Å². The van der Waals surface area contributed by atoms with Crippen molar-refractivity contribution in [1.29, 1.82) is 0 Å². The Balaban J connectivity index is 1.50. The Labute approximate surface area is 210 Å². The van der Waals surface area contributed by atoms with E-state index in [9.17, 15) is 19.3 Å². The molecule has 2 aliphatic heterocycles. The Bertz CT molecular complexity index is 1330. The Kier molecular flexibility index (Phi) is 5.91. The molecule has 10 heteroatoms. The van der Waals surface area contributed by atoms with Gasteiger partial charge in [0.15, 0.2) is 11.3 Å². The van der Waals surface area contributed by atoms with Gasteiger partial charge in [-0.25, -0.2) is 4.39 Å². The molecule has 0 saturated carbocycles. The molecule has 5 rings (SSSR count). The molecule has 0 radical (unpaired) electrons. The number of carbonyl (C=O) groups is 1. The SMILES string of the molecule is CN1C[C@H](c2cc(Cl)c(OCc3cccc(F)c3)c(Cl)c2)[C@@H]([N+](=O)[O-])[C@]12C(=O)Nc1ccccc12. The normalized spacial score (nSPS) is 23.4. The van der Waals surface area contributed by atoms with Crippen LogP contribution >= 0.6 is 23.2 Å². The quantitative estimate of drug-likeness (QED) is 0.371. The number of likely N-dealkylation sites (tertiary alicyclic amines) is 1. The summed E-state index contributed by atoms with van der Waals surface area (Å²) in [7, 11) is 1.71. The first-order valence-corrected chi connectivity index (χ1v) is 11.6. The van der Waals surface area contributed by atoms with Crippen molar-refractivity contribution in [1.82, 2.24) is 4.90 Å². The molecule has 1 spiro atoms. The van der Waals surface area contributed by atoms with E-state index in [2.05, 4.69) is 5.32 Å². The average Bonchev–Trinajstić information content (AvgIpc) is 3.28. The second kappa shape index (κ2) is 8.78. The van der Waals surface area contributed by atoms with Gasteiger partial charge in [-0.2, -0.15) is 0 Å². The molecule has 1 amide bonds. The summed E-state index contributed by atoms with van der Waals surface area (Å²) in [6.45, 7) is 0.282. The summed E-state index contributed by atoms with van der Waals surface area (Å²) in [4.78, 5) is 27.0. The minimum absolute atomic E-state index is 0.0420. The molecule has 1 fully saturated rings. The first-order valence-electron chi connectivity index (χ1n) is 10.9. The van der Waals surface area contributed by atoms with Gasteiger partial charge in [-0.3, -0.25) is 19.8 Å². The standard InChI is InChI=1S/C25H20Cl2FN3O4/c1-30-12-17(23(31(33)34)25(30)18-7-2-3-8-21(18)29-24(25)32)15-10-19(26)22(20(27)11-15)35-13-14-5-4-6-16(28)9-14/h2-11,17,23H,12-13H2,1H3,(H,29,32)/t17-,23-,25-/m1/s1. The van der Waals surface area contributed by atoms with Crippen molar-refractivity contribution < 1.29 is 18.8 Å². The summed E-state index contributed by atoms with van der Waals surface area (Å²) >= 11 is 13.0. The molecule has 0 unspecified atom stereocenters. The van der Waals surface area contributed by atoms with Crippen LogP contribution in [0.3, 0.4) is 0 Å². The zero-order chi connectivity index (χ0) is 24.9. The van der Waals surface area contributed by atoms with Gasteiger partial charge < -0.3 is 10.1 Å². The zero-order valence-corrected chi connectivity index (χ0v) is 20.0. The third kappa shape index (κ3) is 3.73. The summed E-state index contributed by atoms with van der Waals surface area (Å²) in [5.41, 5.74) is 0.801. The molecule has 2 heterocycles. The molecule has 2 aliphatic rings. The lowest BCUT2D eigenvalue weighted by Gasteiger charge is -2.30. The van der Waals surface area contributed by atoms with Crippen molar-refractivity contribution in [3.05, 3.63) is 103 Å². The molecule has 3 aromatic carbocycles. The van der Waals surface area contributed by atoms with Crippen molar-refractivity contribution in [2.24, 2.45) is 0 Å². The summed E-state index contributed by atoms with van der Waals surface area (Å²) in [6, 6.07) is 14.9. The largest absolute Gasteiger partial charge is 0.486 e. The molecular weight excluding hydrogens is 496 g/mol. The van der Waals surface area contributed by atoms with Crippen molar-refractivity contribution in [2.45, 2.75) is 24.1 Å². The number of anilines is 1. The summed E-state index contributed by atoms with van der Waals surface area (Å²) < 4.78 is 19.2. The molecule has 3 atom stereocenters. The van der Waals surface area contributed by atoms with Crippen LogP contribution in [0.15, 0.2) is 60.7 Å². The van der Waals surface area contributed by atoms with Gasteiger partial charge in [0.25, 0.3) is 11.9 Å². The first kappa shape index (κ1) is 23.5.